The molecule has 1 unspecified atom stereocenters. The molecule has 1 atom stereocenters. The maximum atomic E-state index is 11.9. The van der Waals surface area contributed by atoms with Crippen LogP contribution in [0.2, 0.25) is 0 Å². The molecule has 2 rings (SSSR count). The highest BCUT2D eigenvalue weighted by molar-refractivity contribution is 5.92. The molecule has 1 N–H and O–H groups in total. The van der Waals surface area contributed by atoms with Crippen LogP contribution in [0.3, 0.4) is 0 Å². The van der Waals surface area contributed by atoms with Gasteiger partial charge in [-0.2, -0.15) is 0 Å². The van der Waals surface area contributed by atoms with E-state index in [1.165, 1.54) is 19.3 Å². The van der Waals surface area contributed by atoms with Gasteiger partial charge in [0.25, 0.3) is 0 Å². The van der Waals surface area contributed by atoms with Crippen molar-refractivity contribution in [1.82, 2.24) is 14.9 Å². The first-order chi connectivity index (χ1) is 11.0. The summed E-state index contributed by atoms with van der Waals surface area (Å²) in [5.74, 6) is 0.791. The van der Waals surface area contributed by atoms with Gasteiger partial charge in [-0.05, 0) is 32.4 Å². The Bertz CT molecular complexity index is 687. The molecular weight excluding hydrogens is 286 g/mol. The summed E-state index contributed by atoms with van der Waals surface area (Å²) in [6.45, 7) is 10.5. The molecule has 0 fully saturated rings. The van der Waals surface area contributed by atoms with Crippen LogP contribution in [0.25, 0.3) is 11.0 Å². The molecule has 0 aliphatic heterocycles. The monoisotopic (exact) mass is 313 g/mol. The molecule has 0 aliphatic rings. The van der Waals surface area contributed by atoms with E-state index in [2.05, 4.69) is 29.5 Å². The average molecular weight is 313 g/mol. The van der Waals surface area contributed by atoms with Gasteiger partial charge in [0, 0.05) is 12.1 Å². The number of benzene rings is 1. The number of hydrogen-bond donors (Lipinski definition) is 1. The molecule has 1 aromatic heterocycles. The van der Waals surface area contributed by atoms with Crippen molar-refractivity contribution in [2.45, 2.75) is 59.0 Å². The highest BCUT2D eigenvalue weighted by atomic mass is 16.1. The Labute approximate surface area is 138 Å². The minimum absolute atomic E-state index is 0.123. The number of amides is 1. The Morgan fingerprint density at radius 2 is 2.04 bits per heavy atom. The van der Waals surface area contributed by atoms with Crippen LogP contribution >= 0.6 is 0 Å². The van der Waals surface area contributed by atoms with Crippen molar-refractivity contribution in [2.75, 3.05) is 0 Å². The predicted molar refractivity (Wildman–Crippen MR) is 95.2 cm³/mol. The van der Waals surface area contributed by atoms with Crippen molar-refractivity contribution in [1.29, 1.82) is 0 Å². The third kappa shape index (κ3) is 4.21. The zero-order valence-electron chi connectivity index (χ0n) is 14.4. The molecule has 1 aromatic carbocycles. The molecule has 4 nitrogen and oxygen atoms in total. The summed E-state index contributed by atoms with van der Waals surface area (Å²) in [6, 6.07) is 8.01. The van der Waals surface area contributed by atoms with E-state index >= 15 is 0 Å². The zero-order valence-corrected chi connectivity index (χ0v) is 14.4. The number of nitrogens with zero attached hydrogens (tertiary/aromatic N) is 2. The van der Waals surface area contributed by atoms with Crippen molar-refractivity contribution >= 4 is 16.9 Å². The van der Waals surface area contributed by atoms with E-state index in [1.54, 1.807) is 6.92 Å². The normalized spacial score (nSPS) is 12.3. The summed E-state index contributed by atoms with van der Waals surface area (Å²) in [5, 5.41) is 2.98. The van der Waals surface area contributed by atoms with Crippen molar-refractivity contribution in [3.05, 3.63) is 42.2 Å². The van der Waals surface area contributed by atoms with Crippen molar-refractivity contribution in [2.24, 2.45) is 0 Å². The van der Waals surface area contributed by atoms with E-state index in [0.717, 1.165) is 29.8 Å². The standard InChI is InChI=1S/C19H27N3O/c1-5-6-7-10-13-22-17-12-9-8-11-16(17)21-18(22)15(4)20-19(23)14(2)3/h8-9,11-12,15H,2,5-7,10,13H2,1,3-4H3,(H,20,23). The van der Waals surface area contributed by atoms with Crippen LogP contribution in [-0.4, -0.2) is 15.5 Å². The van der Waals surface area contributed by atoms with E-state index in [1.807, 2.05) is 25.1 Å². The van der Waals surface area contributed by atoms with Crippen LogP contribution in [-0.2, 0) is 11.3 Å². The Kier molecular flexibility index (Phi) is 5.97. The lowest BCUT2D eigenvalue weighted by Crippen LogP contribution is -2.29. The number of aromatic nitrogens is 2. The largest absolute Gasteiger partial charge is 0.343 e. The Morgan fingerprint density at radius 3 is 2.74 bits per heavy atom. The summed E-state index contributed by atoms with van der Waals surface area (Å²) >= 11 is 0. The van der Waals surface area contributed by atoms with E-state index in [4.69, 9.17) is 4.98 Å². The number of rotatable bonds is 8. The fourth-order valence-electron chi connectivity index (χ4n) is 2.74. The Hall–Kier alpha value is -2.10. The van der Waals surface area contributed by atoms with Gasteiger partial charge < -0.3 is 9.88 Å². The molecule has 0 spiro atoms. The van der Waals surface area contributed by atoms with Gasteiger partial charge in [-0.25, -0.2) is 4.98 Å². The Morgan fingerprint density at radius 1 is 1.30 bits per heavy atom. The molecule has 0 aliphatic carbocycles. The third-order valence-electron chi connectivity index (χ3n) is 4.04. The van der Waals surface area contributed by atoms with Crippen LogP contribution in [0.15, 0.2) is 36.4 Å². The molecule has 124 valence electrons. The van der Waals surface area contributed by atoms with Crippen LogP contribution in [0.5, 0.6) is 0 Å². The quantitative estimate of drug-likeness (QED) is 0.581. The molecule has 4 heteroatoms. The topological polar surface area (TPSA) is 46.9 Å². The number of imidazole rings is 1. The van der Waals surface area contributed by atoms with Crippen molar-refractivity contribution < 1.29 is 4.79 Å². The van der Waals surface area contributed by atoms with E-state index in [0.29, 0.717) is 5.57 Å². The lowest BCUT2D eigenvalue weighted by atomic mass is 10.2. The van der Waals surface area contributed by atoms with Crippen molar-refractivity contribution in [3.63, 3.8) is 0 Å². The van der Waals surface area contributed by atoms with Gasteiger partial charge in [0.05, 0.1) is 17.1 Å². The van der Waals surface area contributed by atoms with Gasteiger partial charge in [-0.3, -0.25) is 4.79 Å². The molecule has 0 saturated heterocycles. The second-order valence-electron chi connectivity index (χ2n) is 6.15. The number of aryl methyl sites for hydroxylation is 1. The SMILES string of the molecule is C=C(C)C(=O)NC(C)c1nc2ccccc2n1CCCCCC. The molecule has 1 amide bonds. The summed E-state index contributed by atoms with van der Waals surface area (Å²) < 4.78 is 2.24. The summed E-state index contributed by atoms with van der Waals surface area (Å²) in [5.41, 5.74) is 2.63. The first-order valence-corrected chi connectivity index (χ1v) is 8.46. The summed E-state index contributed by atoms with van der Waals surface area (Å²) in [7, 11) is 0. The van der Waals surface area contributed by atoms with E-state index in [-0.39, 0.29) is 11.9 Å². The zero-order chi connectivity index (χ0) is 16.8. The summed E-state index contributed by atoms with van der Waals surface area (Å²) in [4.78, 5) is 16.6. The average Bonchev–Trinajstić information content (AvgIpc) is 2.90. The molecule has 1 heterocycles. The van der Waals surface area contributed by atoms with Crippen LogP contribution in [0.1, 0.15) is 58.3 Å². The molecule has 0 radical (unpaired) electrons. The van der Waals surface area contributed by atoms with Gasteiger partial charge in [-0.15, -0.1) is 0 Å². The van der Waals surface area contributed by atoms with Gasteiger partial charge in [-0.1, -0.05) is 44.9 Å². The molecule has 2 aromatic rings. The fraction of sp³-hybridized carbons (Fsp3) is 0.474. The molecular formula is C19H27N3O. The highest BCUT2D eigenvalue weighted by Gasteiger charge is 2.18. The smallest absolute Gasteiger partial charge is 0.246 e. The van der Waals surface area contributed by atoms with Gasteiger partial charge in [0.2, 0.25) is 5.91 Å². The van der Waals surface area contributed by atoms with Crippen LogP contribution in [0, 0.1) is 0 Å². The number of nitrogens with one attached hydrogen (secondary N) is 1. The second kappa shape index (κ2) is 7.95. The maximum Gasteiger partial charge on any atom is 0.246 e. The first kappa shape index (κ1) is 17.3. The fourth-order valence-corrected chi connectivity index (χ4v) is 2.74. The number of hydrogen-bond acceptors (Lipinski definition) is 2. The number of carbonyl (C=O) groups excluding carboxylic acids is 1. The third-order valence-corrected chi connectivity index (χ3v) is 4.04. The van der Waals surface area contributed by atoms with Gasteiger partial charge in [0.15, 0.2) is 0 Å². The Balaban J connectivity index is 2.26. The van der Waals surface area contributed by atoms with Crippen molar-refractivity contribution in [3.8, 4) is 0 Å². The maximum absolute atomic E-state index is 11.9. The van der Waals surface area contributed by atoms with E-state index in [9.17, 15) is 4.79 Å². The minimum Gasteiger partial charge on any atom is -0.343 e. The van der Waals surface area contributed by atoms with Crippen LogP contribution in [0.4, 0.5) is 0 Å². The summed E-state index contributed by atoms with van der Waals surface area (Å²) in [6.07, 6.45) is 4.82. The van der Waals surface area contributed by atoms with Gasteiger partial charge in [0.1, 0.15) is 5.82 Å². The highest BCUT2D eigenvalue weighted by Crippen LogP contribution is 2.22. The van der Waals surface area contributed by atoms with Crippen LogP contribution < -0.4 is 5.32 Å². The van der Waals surface area contributed by atoms with Gasteiger partial charge >= 0.3 is 0 Å². The second-order valence-corrected chi connectivity index (χ2v) is 6.15. The number of carbonyl (C=O) groups is 1. The first-order valence-electron chi connectivity index (χ1n) is 8.46. The molecule has 23 heavy (non-hydrogen) atoms. The molecule has 0 bridgehead atoms. The van der Waals surface area contributed by atoms with E-state index < -0.39 is 0 Å². The number of fused-ring (bicyclic) bond motifs is 1. The lowest BCUT2D eigenvalue weighted by Gasteiger charge is -2.16. The molecule has 0 saturated carbocycles. The number of para-hydroxylation sites is 2. The number of unbranched alkanes of at least 4 members (excludes halogenated alkanes) is 3. The lowest BCUT2D eigenvalue weighted by molar-refractivity contribution is -0.118. The predicted octanol–water partition coefficient (Wildman–Crippen LogP) is 4.37. The minimum atomic E-state index is -0.141.